The van der Waals surface area contributed by atoms with Gasteiger partial charge in [-0.3, -0.25) is 0 Å². The number of hydrogen-bond donors (Lipinski definition) is 1. The predicted octanol–water partition coefficient (Wildman–Crippen LogP) is 4.87. The van der Waals surface area contributed by atoms with Crippen LogP contribution in [0.5, 0.6) is 0 Å². The van der Waals surface area contributed by atoms with Gasteiger partial charge in [-0.1, -0.05) is 72.3 Å². The van der Waals surface area contributed by atoms with Crippen LogP contribution in [0.15, 0.2) is 78.9 Å². The number of hydrogen-bond acceptors (Lipinski definition) is 4. The quantitative estimate of drug-likeness (QED) is 0.494. The minimum atomic E-state index is 0.668. The molecule has 1 N–H and O–H groups in total. The zero-order valence-electron chi connectivity index (χ0n) is 15.5. The van der Waals surface area contributed by atoms with Crippen LogP contribution in [-0.2, 0) is 6.54 Å². The highest BCUT2D eigenvalue weighted by Crippen LogP contribution is 2.24. The van der Waals surface area contributed by atoms with Crippen LogP contribution in [0.4, 0.5) is 5.95 Å². The summed E-state index contributed by atoms with van der Waals surface area (Å²) in [4.78, 5) is 9.60. The second-order valence-corrected chi connectivity index (χ2v) is 6.83. The van der Waals surface area contributed by atoms with Crippen molar-refractivity contribution in [2.45, 2.75) is 13.5 Å². The molecule has 5 rings (SSSR count). The first-order valence-corrected chi connectivity index (χ1v) is 9.28. The van der Waals surface area contributed by atoms with Crippen LogP contribution >= 0.6 is 0 Å². The van der Waals surface area contributed by atoms with Crippen molar-refractivity contribution >= 4 is 22.5 Å². The van der Waals surface area contributed by atoms with E-state index in [1.807, 2.05) is 54.6 Å². The molecule has 2 heterocycles. The molecule has 3 aromatic carbocycles. The predicted molar refractivity (Wildman–Crippen MR) is 112 cm³/mol. The van der Waals surface area contributed by atoms with E-state index in [0.717, 1.165) is 22.1 Å². The Hall–Kier alpha value is -3.73. The topological polar surface area (TPSA) is 55.1 Å². The first-order chi connectivity index (χ1) is 13.8. The molecule has 0 aliphatic carbocycles. The number of benzene rings is 3. The molecule has 0 unspecified atom stereocenters. The van der Waals surface area contributed by atoms with Crippen LogP contribution in [0.2, 0.25) is 0 Å². The lowest BCUT2D eigenvalue weighted by molar-refractivity contribution is 0.920. The lowest BCUT2D eigenvalue weighted by Gasteiger charge is -2.09. The smallest absolute Gasteiger partial charge is 0.226 e. The zero-order chi connectivity index (χ0) is 18.9. The fraction of sp³-hybridized carbons (Fsp3) is 0.0870. The second kappa shape index (κ2) is 6.78. The van der Waals surface area contributed by atoms with Gasteiger partial charge in [0, 0.05) is 17.5 Å². The molecule has 0 saturated heterocycles. The molecule has 0 aliphatic heterocycles. The minimum Gasteiger partial charge on any atom is -0.350 e. The summed E-state index contributed by atoms with van der Waals surface area (Å²) in [6, 6.07) is 26.5. The van der Waals surface area contributed by atoms with Gasteiger partial charge in [0.05, 0.1) is 5.52 Å². The molecule has 0 radical (unpaired) electrons. The molecule has 0 aliphatic rings. The van der Waals surface area contributed by atoms with Gasteiger partial charge in [-0.25, -0.2) is 9.97 Å². The number of nitrogens with one attached hydrogen (secondary N) is 1. The summed E-state index contributed by atoms with van der Waals surface area (Å²) in [7, 11) is 0. The number of para-hydroxylation sites is 1. The Kier molecular flexibility index (Phi) is 3.98. The third-order valence-electron chi connectivity index (χ3n) is 4.78. The average molecular weight is 365 g/mol. The van der Waals surface area contributed by atoms with Crippen molar-refractivity contribution in [3.63, 3.8) is 0 Å². The Bertz CT molecular complexity index is 1260. The number of aromatic nitrogens is 4. The highest BCUT2D eigenvalue weighted by molar-refractivity contribution is 5.92. The summed E-state index contributed by atoms with van der Waals surface area (Å²) in [6.45, 7) is 2.76. The first kappa shape index (κ1) is 16.4. The van der Waals surface area contributed by atoms with Gasteiger partial charge in [0.2, 0.25) is 5.95 Å². The van der Waals surface area contributed by atoms with Crippen molar-refractivity contribution in [1.29, 1.82) is 0 Å². The number of nitrogens with zero attached hydrogens (tertiary/aromatic N) is 4. The van der Waals surface area contributed by atoms with Gasteiger partial charge in [0.25, 0.3) is 0 Å². The molecular weight excluding hydrogens is 346 g/mol. The normalized spacial score (nSPS) is 11.2. The van der Waals surface area contributed by atoms with Crippen LogP contribution in [0.1, 0.15) is 11.1 Å². The van der Waals surface area contributed by atoms with E-state index in [1.165, 1.54) is 11.1 Å². The maximum atomic E-state index is 4.81. The van der Waals surface area contributed by atoms with Crippen molar-refractivity contribution in [3.8, 4) is 11.4 Å². The van der Waals surface area contributed by atoms with E-state index in [4.69, 9.17) is 15.1 Å². The summed E-state index contributed by atoms with van der Waals surface area (Å²) in [5.74, 6) is 1.38. The molecule has 28 heavy (non-hydrogen) atoms. The molecule has 0 fully saturated rings. The maximum absolute atomic E-state index is 4.81. The molecular formula is C23H19N5. The molecule has 0 spiro atoms. The highest BCUT2D eigenvalue weighted by atomic mass is 15.4. The van der Waals surface area contributed by atoms with E-state index < -0.39 is 0 Å². The monoisotopic (exact) mass is 365 g/mol. The van der Waals surface area contributed by atoms with E-state index in [-0.39, 0.29) is 0 Å². The number of aryl methyl sites for hydroxylation is 1. The summed E-state index contributed by atoms with van der Waals surface area (Å²) < 4.78 is 1.80. The van der Waals surface area contributed by atoms with E-state index in [9.17, 15) is 0 Å². The molecule has 5 aromatic rings. The molecule has 5 heteroatoms. The second-order valence-electron chi connectivity index (χ2n) is 6.83. The Morgan fingerprint density at radius 1 is 0.821 bits per heavy atom. The van der Waals surface area contributed by atoms with Crippen molar-refractivity contribution in [2.75, 3.05) is 5.32 Å². The van der Waals surface area contributed by atoms with Crippen LogP contribution in [-0.4, -0.2) is 19.6 Å². The molecule has 5 nitrogen and oxygen atoms in total. The van der Waals surface area contributed by atoms with E-state index in [0.29, 0.717) is 18.3 Å². The Balaban J connectivity index is 1.62. The fourth-order valence-electron chi connectivity index (χ4n) is 3.27. The molecule has 0 amide bonds. The summed E-state index contributed by atoms with van der Waals surface area (Å²) in [5.41, 5.74) is 5.12. The van der Waals surface area contributed by atoms with E-state index in [2.05, 4.69) is 36.5 Å². The van der Waals surface area contributed by atoms with Gasteiger partial charge in [0.1, 0.15) is 0 Å². The summed E-state index contributed by atoms with van der Waals surface area (Å²) >= 11 is 0. The van der Waals surface area contributed by atoms with Crippen molar-refractivity contribution in [1.82, 2.24) is 19.6 Å². The van der Waals surface area contributed by atoms with Crippen molar-refractivity contribution < 1.29 is 0 Å². The number of fused-ring (bicyclic) bond motifs is 3. The SMILES string of the molecule is Cc1ccc(CNc2nc3ccccc3c3nc(-c4ccccc4)nn23)cc1. The van der Waals surface area contributed by atoms with Gasteiger partial charge in [-0.05, 0) is 24.6 Å². The molecule has 0 bridgehead atoms. The lowest BCUT2D eigenvalue weighted by atomic mass is 10.1. The van der Waals surface area contributed by atoms with Crippen LogP contribution in [0.3, 0.4) is 0 Å². The average Bonchev–Trinajstić information content (AvgIpc) is 3.20. The third kappa shape index (κ3) is 2.97. The minimum absolute atomic E-state index is 0.668. The first-order valence-electron chi connectivity index (χ1n) is 9.28. The van der Waals surface area contributed by atoms with Crippen molar-refractivity contribution in [2.24, 2.45) is 0 Å². The van der Waals surface area contributed by atoms with Gasteiger partial charge >= 0.3 is 0 Å². The van der Waals surface area contributed by atoms with Gasteiger partial charge < -0.3 is 5.32 Å². The van der Waals surface area contributed by atoms with Gasteiger partial charge in [-0.2, -0.15) is 4.52 Å². The fourth-order valence-corrected chi connectivity index (χ4v) is 3.27. The molecule has 2 aromatic heterocycles. The standard InChI is InChI=1S/C23H19N5/c1-16-11-13-17(14-12-16)15-24-23-25-20-10-6-5-9-19(20)22-26-21(27-28(22)23)18-7-3-2-4-8-18/h2-14H,15H2,1H3,(H,24,25). The highest BCUT2D eigenvalue weighted by Gasteiger charge is 2.14. The summed E-state index contributed by atoms with van der Waals surface area (Å²) in [6.07, 6.45) is 0. The van der Waals surface area contributed by atoms with E-state index in [1.54, 1.807) is 4.52 Å². The number of rotatable bonds is 4. The molecule has 0 saturated carbocycles. The Labute approximate surface area is 162 Å². The zero-order valence-corrected chi connectivity index (χ0v) is 15.5. The summed E-state index contributed by atoms with van der Waals surface area (Å²) in [5, 5.41) is 9.15. The number of anilines is 1. The van der Waals surface area contributed by atoms with Crippen molar-refractivity contribution in [3.05, 3.63) is 90.0 Å². The van der Waals surface area contributed by atoms with Crippen LogP contribution < -0.4 is 5.32 Å². The molecule has 0 atom stereocenters. The molecule has 136 valence electrons. The lowest BCUT2D eigenvalue weighted by Crippen LogP contribution is -2.08. The maximum Gasteiger partial charge on any atom is 0.226 e. The van der Waals surface area contributed by atoms with E-state index >= 15 is 0 Å². The Morgan fingerprint density at radius 3 is 2.39 bits per heavy atom. The largest absolute Gasteiger partial charge is 0.350 e. The third-order valence-corrected chi connectivity index (χ3v) is 4.78. The Morgan fingerprint density at radius 2 is 1.57 bits per heavy atom. The van der Waals surface area contributed by atoms with Gasteiger partial charge in [-0.15, -0.1) is 5.10 Å². The van der Waals surface area contributed by atoms with Crippen LogP contribution in [0, 0.1) is 6.92 Å². The van der Waals surface area contributed by atoms with Crippen LogP contribution in [0.25, 0.3) is 27.9 Å². The van der Waals surface area contributed by atoms with Gasteiger partial charge in [0.15, 0.2) is 11.5 Å².